The predicted molar refractivity (Wildman–Crippen MR) is 170 cm³/mol. The molecule has 1 unspecified atom stereocenters. The minimum atomic E-state index is -0.488. The SMILES string of the molecule is CC(C=O)C[C@@H]1O[C@H](COCc2ccccc2)[C@@H](OCc2ccccc2)[C@H](OCc2ccccc2)[C@H]1OCc1ccccc1. The number of rotatable bonds is 16. The van der Waals surface area contributed by atoms with E-state index in [-0.39, 0.29) is 5.92 Å². The third-order valence-corrected chi connectivity index (χ3v) is 7.82. The molecule has 4 aromatic rings. The highest BCUT2D eigenvalue weighted by Crippen LogP contribution is 2.33. The van der Waals surface area contributed by atoms with Crippen LogP contribution in [0, 0.1) is 5.92 Å². The van der Waals surface area contributed by atoms with Crippen LogP contribution in [0.15, 0.2) is 121 Å². The van der Waals surface area contributed by atoms with Gasteiger partial charge in [0.25, 0.3) is 0 Å². The second kappa shape index (κ2) is 17.0. The first-order valence-electron chi connectivity index (χ1n) is 15.4. The fraction of sp³-hybridized carbons (Fsp3) is 0.342. The highest BCUT2D eigenvalue weighted by atomic mass is 16.6. The molecule has 0 spiro atoms. The zero-order valence-electron chi connectivity index (χ0n) is 25.3. The Morgan fingerprint density at radius 3 is 1.39 bits per heavy atom. The largest absolute Gasteiger partial charge is 0.374 e. The highest BCUT2D eigenvalue weighted by Gasteiger charge is 2.48. The van der Waals surface area contributed by atoms with Crippen LogP contribution in [0.1, 0.15) is 35.6 Å². The van der Waals surface area contributed by atoms with Gasteiger partial charge in [-0.3, -0.25) is 0 Å². The van der Waals surface area contributed by atoms with E-state index in [4.69, 9.17) is 23.7 Å². The van der Waals surface area contributed by atoms with Crippen LogP contribution in [0.25, 0.3) is 0 Å². The lowest BCUT2D eigenvalue weighted by molar-refractivity contribution is -0.274. The number of hydrogen-bond donors (Lipinski definition) is 0. The Labute approximate surface area is 260 Å². The molecule has 1 saturated heterocycles. The van der Waals surface area contributed by atoms with Crippen molar-refractivity contribution in [2.75, 3.05) is 6.61 Å². The average Bonchev–Trinajstić information content (AvgIpc) is 3.08. The Kier molecular flexibility index (Phi) is 12.3. The Balaban J connectivity index is 1.43. The van der Waals surface area contributed by atoms with Gasteiger partial charge in [-0.15, -0.1) is 0 Å². The zero-order chi connectivity index (χ0) is 30.4. The Bertz CT molecular complexity index is 1350. The molecule has 6 nitrogen and oxygen atoms in total. The summed E-state index contributed by atoms with van der Waals surface area (Å²) in [5, 5.41) is 0. The van der Waals surface area contributed by atoms with E-state index < -0.39 is 30.5 Å². The number of aldehydes is 1. The summed E-state index contributed by atoms with van der Waals surface area (Å²) in [6.07, 6.45) is -0.827. The normalized spacial score (nSPS) is 22.3. The summed E-state index contributed by atoms with van der Waals surface area (Å²) >= 11 is 0. The van der Waals surface area contributed by atoms with Gasteiger partial charge >= 0.3 is 0 Å². The maximum absolute atomic E-state index is 11.8. The van der Waals surface area contributed by atoms with Gasteiger partial charge in [-0.25, -0.2) is 0 Å². The quantitative estimate of drug-likeness (QED) is 0.131. The second-order valence-electron chi connectivity index (χ2n) is 11.3. The van der Waals surface area contributed by atoms with E-state index in [1.165, 1.54) is 0 Å². The van der Waals surface area contributed by atoms with Gasteiger partial charge in [0.15, 0.2) is 0 Å². The van der Waals surface area contributed by atoms with Crippen LogP contribution in [0.3, 0.4) is 0 Å². The van der Waals surface area contributed by atoms with Crippen LogP contribution >= 0.6 is 0 Å². The summed E-state index contributed by atoms with van der Waals surface area (Å²) in [6, 6.07) is 40.3. The van der Waals surface area contributed by atoms with Crippen molar-refractivity contribution < 1.29 is 28.5 Å². The summed E-state index contributed by atoms with van der Waals surface area (Å²) in [5.41, 5.74) is 4.23. The van der Waals surface area contributed by atoms with Crippen molar-refractivity contribution >= 4 is 6.29 Å². The van der Waals surface area contributed by atoms with Crippen LogP contribution in [0.2, 0.25) is 0 Å². The predicted octanol–water partition coefficient (Wildman–Crippen LogP) is 6.95. The van der Waals surface area contributed by atoms with E-state index in [1.807, 2.05) is 128 Å². The molecule has 0 saturated carbocycles. The van der Waals surface area contributed by atoms with Crippen molar-refractivity contribution in [3.8, 4) is 0 Å². The van der Waals surface area contributed by atoms with Crippen LogP contribution in [0.5, 0.6) is 0 Å². The minimum absolute atomic E-state index is 0.217. The lowest BCUT2D eigenvalue weighted by Crippen LogP contribution is -2.61. The standard InChI is InChI=1S/C38H42O6/c1-29(23-39)22-34-36(41-25-31-16-8-3-9-17-31)38(43-27-33-20-12-5-13-21-33)37(42-26-32-18-10-4-11-19-32)35(44-34)28-40-24-30-14-6-2-7-15-30/h2-21,23,29,34-38H,22,24-28H2,1H3/t29?,34-,35+,36-,37+,38+/m0/s1. The molecule has 6 heteroatoms. The highest BCUT2D eigenvalue weighted by molar-refractivity contribution is 5.52. The van der Waals surface area contributed by atoms with Crippen molar-refractivity contribution in [1.82, 2.24) is 0 Å². The molecule has 0 amide bonds. The average molecular weight is 595 g/mol. The van der Waals surface area contributed by atoms with Crippen molar-refractivity contribution in [3.63, 3.8) is 0 Å². The molecule has 0 bridgehead atoms. The smallest absolute Gasteiger partial charge is 0.122 e. The van der Waals surface area contributed by atoms with E-state index in [0.717, 1.165) is 28.5 Å². The first kappa shape index (κ1) is 31.8. The maximum Gasteiger partial charge on any atom is 0.122 e. The van der Waals surface area contributed by atoms with Crippen molar-refractivity contribution in [2.24, 2.45) is 5.92 Å². The van der Waals surface area contributed by atoms with E-state index >= 15 is 0 Å². The Hall–Kier alpha value is -3.65. The molecule has 4 aromatic carbocycles. The third kappa shape index (κ3) is 9.42. The summed E-state index contributed by atoms with van der Waals surface area (Å²) in [4.78, 5) is 11.8. The van der Waals surface area contributed by atoms with Gasteiger partial charge in [0.1, 0.15) is 30.7 Å². The molecule has 230 valence electrons. The van der Waals surface area contributed by atoms with Crippen molar-refractivity contribution in [2.45, 2.75) is 70.3 Å². The maximum atomic E-state index is 11.8. The second-order valence-corrected chi connectivity index (χ2v) is 11.3. The number of benzene rings is 4. The lowest BCUT2D eigenvalue weighted by atomic mass is 9.89. The van der Waals surface area contributed by atoms with Crippen molar-refractivity contribution in [1.29, 1.82) is 0 Å². The molecule has 1 aliphatic heterocycles. The Morgan fingerprint density at radius 1 is 0.568 bits per heavy atom. The summed E-state index contributed by atoms with van der Waals surface area (Å²) < 4.78 is 33.0. The van der Waals surface area contributed by atoms with E-state index in [0.29, 0.717) is 39.5 Å². The molecule has 1 fully saturated rings. The molecular weight excluding hydrogens is 552 g/mol. The van der Waals surface area contributed by atoms with Crippen LogP contribution < -0.4 is 0 Å². The molecule has 0 radical (unpaired) electrons. The lowest BCUT2D eigenvalue weighted by Gasteiger charge is -2.46. The molecule has 6 atom stereocenters. The topological polar surface area (TPSA) is 63.2 Å². The number of carbonyl (C=O) groups is 1. The van der Waals surface area contributed by atoms with Gasteiger partial charge < -0.3 is 28.5 Å². The van der Waals surface area contributed by atoms with Gasteiger partial charge in [0, 0.05) is 5.92 Å². The number of ether oxygens (including phenoxy) is 5. The van der Waals surface area contributed by atoms with Gasteiger partial charge in [-0.1, -0.05) is 128 Å². The van der Waals surface area contributed by atoms with Gasteiger partial charge in [-0.05, 0) is 28.7 Å². The number of carbonyl (C=O) groups excluding carboxylic acids is 1. The molecule has 0 aliphatic carbocycles. The fourth-order valence-electron chi connectivity index (χ4n) is 5.50. The van der Waals surface area contributed by atoms with Gasteiger partial charge in [0.05, 0.1) is 39.1 Å². The van der Waals surface area contributed by atoms with Crippen LogP contribution in [-0.4, -0.2) is 43.4 Å². The minimum Gasteiger partial charge on any atom is -0.374 e. The Morgan fingerprint density at radius 2 is 0.955 bits per heavy atom. The summed E-state index contributed by atoms with van der Waals surface area (Å²) in [5.74, 6) is -0.217. The fourth-order valence-corrected chi connectivity index (χ4v) is 5.50. The van der Waals surface area contributed by atoms with Gasteiger partial charge in [-0.2, -0.15) is 0 Å². The van der Waals surface area contributed by atoms with Crippen LogP contribution in [-0.2, 0) is 54.9 Å². The summed E-state index contributed by atoms with van der Waals surface area (Å²) in [6.45, 7) is 3.81. The van der Waals surface area contributed by atoms with Crippen LogP contribution in [0.4, 0.5) is 0 Å². The van der Waals surface area contributed by atoms with E-state index in [1.54, 1.807) is 0 Å². The third-order valence-electron chi connectivity index (χ3n) is 7.82. The van der Waals surface area contributed by atoms with E-state index in [2.05, 4.69) is 0 Å². The molecule has 1 aliphatic rings. The molecule has 5 rings (SSSR count). The van der Waals surface area contributed by atoms with Crippen molar-refractivity contribution in [3.05, 3.63) is 144 Å². The first-order valence-corrected chi connectivity index (χ1v) is 15.4. The van der Waals surface area contributed by atoms with E-state index in [9.17, 15) is 4.79 Å². The molecule has 0 N–H and O–H groups in total. The number of hydrogen-bond acceptors (Lipinski definition) is 6. The van der Waals surface area contributed by atoms with Gasteiger partial charge in [0.2, 0.25) is 0 Å². The first-order chi connectivity index (χ1) is 21.7. The zero-order valence-corrected chi connectivity index (χ0v) is 25.3. The molecular formula is C38H42O6. The molecule has 44 heavy (non-hydrogen) atoms. The molecule has 1 heterocycles. The summed E-state index contributed by atoms with van der Waals surface area (Å²) in [7, 11) is 0. The molecule has 0 aromatic heterocycles. The monoisotopic (exact) mass is 594 g/mol.